The zero-order valence-corrected chi connectivity index (χ0v) is 10.7. The van der Waals surface area contributed by atoms with Gasteiger partial charge in [-0.1, -0.05) is 20.3 Å². The monoisotopic (exact) mass is 257 g/mol. The van der Waals surface area contributed by atoms with Gasteiger partial charge in [0.05, 0.1) is 11.3 Å². The summed E-state index contributed by atoms with van der Waals surface area (Å²) in [4.78, 5) is 12.3. The topological polar surface area (TPSA) is 40.5 Å². The summed E-state index contributed by atoms with van der Waals surface area (Å²) < 4.78 is 27.3. The van der Waals surface area contributed by atoms with E-state index in [0.29, 0.717) is 12.5 Å². The second kappa shape index (κ2) is 5.80. The van der Waals surface area contributed by atoms with Gasteiger partial charge in [-0.05, 0) is 18.1 Å². The molecule has 0 saturated heterocycles. The molecule has 0 aliphatic carbocycles. The molecule has 0 aliphatic heterocycles. The average Bonchev–Trinajstić information content (AvgIpc) is 2.31. The van der Waals surface area contributed by atoms with Crippen LogP contribution in [0, 0.1) is 17.6 Å². The van der Waals surface area contributed by atoms with Crippen molar-refractivity contribution in [2.45, 2.75) is 20.3 Å². The van der Waals surface area contributed by atoms with Gasteiger partial charge in [0.25, 0.3) is 0 Å². The van der Waals surface area contributed by atoms with Gasteiger partial charge >= 0.3 is 5.97 Å². The Morgan fingerprint density at radius 1 is 1.39 bits per heavy atom. The molecule has 18 heavy (non-hydrogen) atoms. The molecule has 0 spiro atoms. The molecule has 100 valence electrons. The number of aromatic carboxylic acids is 1. The SMILES string of the molecule is CCC(C)CN(C)c1ccc(C(=O)O)c(F)c1F. The van der Waals surface area contributed by atoms with Crippen LogP contribution in [0.5, 0.6) is 0 Å². The summed E-state index contributed by atoms with van der Waals surface area (Å²) in [6.07, 6.45) is 0.932. The Morgan fingerprint density at radius 3 is 2.50 bits per heavy atom. The molecule has 0 bridgehead atoms. The van der Waals surface area contributed by atoms with E-state index in [2.05, 4.69) is 0 Å². The summed E-state index contributed by atoms with van der Waals surface area (Å²) in [6, 6.07) is 2.38. The van der Waals surface area contributed by atoms with Gasteiger partial charge in [-0.3, -0.25) is 0 Å². The molecule has 0 amide bonds. The third-order valence-corrected chi connectivity index (χ3v) is 2.99. The number of carboxylic acid groups (broad SMARTS) is 1. The molecule has 0 saturated carbocycles. The first-order chi connectivity index (χ1) is 8.38. The zero-order chi connectivity index (χ0) is 13.9. The van der Waals surface area contributed by atoms with E-state index in [-0.39, 0.29) is 5.69 Å². The average molecular weight is 257 g/mol. The molecule has 0 heterocycles. The van der Waals surface area contributed by atoms with Gasteiger partial charge in [-0.2, -0.15) is 0 Å². The second-order valence-electron chi connectivity index (χ2n) is 4.46. The van der Waals surface area contributed by atoms with Crippen molar-refractivity contribution in [3.63, 3.8) is 0 Å². The Bertz CT molecular complexity index is 449. The third-order valence-electron chi connectivity index (χ3n) is 2.99. The molecule has 0 fully saturated rings. The van der Waals surface area contributed by atoms with Gasteiger partial charge in [0.1, 0.15) is 0 Å². The van der Waals surface area contributed by atoms with Gasteiger partial charge in [-0.15, -0.1) is 0 Å². The summed E-state index contributed by atoms with van der Waals surface area (Å²) in [5.74, 6) is -3.55. The van der Waals surface area contributed by atoms with Crippen molar-refractivity contribution in [2.24, 2.45) is 5.92 Å². The highest BCUT2D eigenvalue weighted by molar-refractivity contribution is 5.88. The second-order valence-corrected chi connectivity index (χ2v) is 4.46. The molecular weight excluding hydrogens is 240 g/mol. The van der Waals surface area contributed by atoms with Crippen molar-refractivity contribution in [1.29, 1.82) is 0 Å². The van der Waals surface area contributed by atoms with Crippen LogP contribution in [0.15, 0.2) is 12.1 Å². The lowest BCUT2D eigenvalue weighted by Gasteiger charge is -2.23. The molecule has 1 unspecified atom stereocenters. The lowest BCUT2D eigenvalue weighted by atomic mass is 10.1. The maximum Gasteiger partial charge on any atom is 0.338 e. The summed E-state index contributed by atoms with van der Waals surface area (Å²) in [5, 5.41) is 8.68. The molecule has 3 nitrogen and oxygen atoms in total. The number of hydrogen-bond donors (Lipinski definition) is 1. The predicted octanol–water partition coefficient (Wildman–Crippen LogP) is 3.15. The van der Waals surface area contributed by atoms with Gasteiger partial charge in [0.2, 0.25) is 0 Å². The van der Waals surface area contributed by atoms with Crippen LogP contribution < -0.4 is 4.90 Å². The van der Waals surface area contributed by atoms with Crippen LogP contribution in [0.3, 0.4) is 0 Å². The molecular formula is C13H17F2NO2. The first-order valence-electron chi connectivity index (χ1n) is 5.80. The number of anilines is 1. The highest BCUT2D eigenvalue weighted by Gasteiger charge is 2.20. The molecule has 0 aliphatic rings. The maximum absolute atomic E-state index is 13.7. The van der Waals surface area contributed by atoms with Crippen molar-refractivity contribution in [3.05, 3.63) is 29.3 Å². The van der Waals surface area contributed by atoms with E-state index in [1.54, 1.807) is 11.9 Å². The summed E-state index contributed by atoms with van der Waals surface area (Å²) >= 11 is 0. The highest BCUT2D eigenvalue weighted by Crippen LogP contribution is 2.24. The minimum atomic E-state index is -1.47. The number of hydrogen-bond acceptors (Lipinski definition) is 2. The molecule has 0 radical (unpaired) electrons. The zero-order valence-electron chi connectivity index (χ0n) is 10.7. The van der Waals surface area contributed by atoms with Crippen molar-refractivity contribution < 1.29 is 18.7 Å². The third kappa shape index (κ3) is 2.97. The summed E-state index contributed by atoms with van der Waals surface area (Å²) in [6.45, 7) is 4.61. The van der Waals surface area contributed by atoms with Crippen LogP contribution >= 0.6 is 0 Å². The van der Waals surface area contributed by atoms with E-state index in [1.807, 2.05) is 13.8 Å². The van der Waals surface area contributed by atoms with E-state index in [4.69, 9.17) is 5.11 Å². The van der Waals surface area contributed by atoms with Crippen LogP contribution in [-0.4, -0.2) is 24.7 Å². The Morgan fingerprint density at radius 2 is 2.00 bits per heavy atom. The first kappa shape index (κ1) is 14.4. The summed E-state index contributed by atoms with van der Waals surface area (Å²) in [7, 11) is 1.66. The number of halogens is 2. The number of rotatable bonds is 5. The number of carboxylic acids is 1. The van der Waals surface area contributed by atoms with Crippen LogP contribution in [0.4, 0.5) is 14.5 Å². The van der Waals surface area contributed by atoms with Crippen molar-refractivity contribution in [1.82, 2.24) is 0 Å². The molecule has 1 aromatic carbocycles. The molecule has 1 aromatic rings. The predicted molar refractivity (Wildman–Crippen MR) is 66.0 cm³/mol. The standard InChI is InChI=1S/C13H17F2NO2/c1-4-8(2)7-16(3)10-6-5-9(13(17)18)11(14)12(10)15/h5-6,8H,4,7H2,1-3H3,(H,17,18). The lowest BCUT2D eigenvalue weighted by molar-refractivity contribution is 0.0690. The minimum Gasteiger partial charge on any atom is -0.478 e. The number of benzene rings is 1. The Hall–Kier alpha value is -1.65. The van der Waals surface area contributed by atoms with E-state index >= 15 is 0 Å². The molecule has 0 aromatic heterocycles. The normalized spacial score (nSPS) is 12.3. The number of nitrogens with zero attached hydrogens (tertiary/aromatic N) is 1. The largest absolute Gasteiger partial charge is 0.478 e. The van der Waals surface area contributed by atoms with E-state index < -0.39 is 23.2 Å². The smallest absolute Gasteiger partial charge is 0.338 e. The van der Waals surface area contributed by atoms with Crippen molar-refractivity contribution in [3.8, 4) is 0 Å². The maximum atomic E-state index is 13.7. The van der Waals surface area contributed by atoms with Crippen LogP contribution in [0.2, 0.25) is 0 Å². The van der Waals surface area contributed by atoms with Gasteiger partial charge < -0.3 is 10.0 Å². The molecule has 1 N–H and O–H groups in total. The quantitative estimate of drug-likeness (QED) is 0.881. The van der Waals surface area contributed by atoms with Gasteiger partial charge in [0.15, 0.2) is 11.6 Å². The Labute approximate surface area is 105 Å². The fraction of sp³-hybridized carbons (Fsp3) is 0.462. The molecule has 1 rings (SSSR count). The highest BCUT2D eigenvalue weighted by atomic mass is 19.2. The van der Waals surface area contributed by atoms with Crippen LogP contribution in [-0.2, 0) is 0 Å². The molecule has 5 heteroatoms. The lowest BCUT2D eigenvalue weighted by Crippen LogP contribution is -2.25. The number of carbonyl (C=O) groups is 1. The Kier molecular flexibility index (Phi) is 4.64. The van der Waals surface area contributed by atoms with Crippen LogP contribution in [0.25, 0.3) is 0 Å². The van der Waals surface area contributed by atoms with E-state index in [1.165, 1.54) is 6.07 Å². The van der Waals surface area contributed by atoms with Gasteiger partial charge in [-0.25, -0.2) is 13.6 Å². The Balaban J connectivity index is 3.05. The molecule has 1 atom stereocenters. The van der Waals surface area contributed by atoms with Gasteiger partial charge in [0, 0.05) is 13.6 Å². The van der Waals surface area contributed by atoms with Crippen molar-refractivity contribution >= 4 is 11.7 Å². The minimum absolute atomic E-state index is 0.0813. The fourth-order valence-electron chi connectivity index (χ4n) is 1.69. The summed E-state index contributed by atoms with van der Waals surface area (Å²) in [5.41, 5.74) is -0.564. The van der Waals surface area contributed by atoms with E-state index in [9.17, 15) is 13.6 Å². The van der Waals surface area contributed by atoms with Crippen molar-refractivity contribution in [2.75, 3.05) is 18.5 Å². The first-order valence-corrected chi connectivity index (χ1v) is 5.80. The van der Waals surface area contributed by atoms with Crippen LogP contribution in [0.1, 0.15) is 30.6 Å². The van der Waals surface area contributed by atoms with E-state index in [0.717, 1.165) is 12.5 Å². The fourth-order valence-corrected chi connectivity index (χ4v) is 1.69.